The summed E-state index contributed by atoms with van der Waals surface area (Å²) in [5.41, 5.74) is 0.404. The van der Waals surface area contributed by atoms with Crippen LogP contribution in [0.4, 0.5) is 8.78 Å². The van der Waals surface area contributed by atoms with E-state index in [-0.39, 0.29) is 11.7 Å². The lowest BCUT2D eigenvalue weighted by atomic mass is 10.2. The molecule has 0 aliphatic heterocycles. The first kappa shape index (κ1) is 12.8. The Labute approximate surface area is 105 Å². The highest BCUT2D eigenvalue weighted by Gasteiger charge is 2.21. The van der Waals surface area contributed by atoms with Crippen molar-refractivity contribution >= 4 is 11.6 Å². The Bertz CT molecular complexity index is 518. The zero-order valence-corrected chi connectivity index (χ0v) is 9.68. The van der Waals surface area contributed by atoms with Crippen molar-refractivity contribution in [1.82, 2.24) is 15.1 Å². The predicted octanol–water partition coefficient (Wildman–Crippen LogP) is 1.95. The average molecular weight is 276 g/mol. The highest BCUT2D eigenvalue weighted by atomic mass is 35.5. The molecule has 0 radical (unpaired) electrons. The molecule has 5 nitrogen and oxygen atoms in total. The van der Waals surface area contributed by atoms with Crippen molar-refractivity contribution in [3.63, 3.8) is 0 Å². The second kappa shape index (κ2) is 5.36. The molecule has 0 amide bonds. The number of nitrogens with zero attached hydrogens (tertiary/aromatic N) is 3. The highest BCUT2D eigenvalue weighted by Crippen LogP contribution is 2.16. The van der Waals surface area contributed by atoms with Gasteiger partial charge in [-0.2, -0.15) is 4.98 Å². The number of pyridine rings is 1. The summed E-state index contributed by atoms with van der Waals surface area (Å²) in [4.78, 5) is 7.80. The maximum Gasteiger partial charge on any atom is 0.264 e. The maximum atomic E-state index is 12.1. The standard InChI is InChI=1S/C10H8ClF2N3O2/c11-5-1-2-6(14-4-5)10-15-8(18-16-10)3-7(17)9(12)13/h1-2,4,7,9,17H,3H2. The second-order valence-electron chi connectivity index (χ2n) is 3.48. The summed E-state index contributed by atoms with van der Waals surface area (Å²) in [5.74, 6) is 0.0812. The van der Waals surface area contributed by atoms with Gasteiger partial charge >= 0.3 is 0 Å². The van der Waals surface area contributed by atoms with Crippen molar-refractivity contribution < 1.29 is 18.4 Å². The molecule has 0 fully saturated rings. The Morgan fingerprint density at radius 3 is 2.78 bits per heavy atom. The summed E-state index contributed by atoms with van der Waals surface area (Å²) < 4.78 is 29.0. The first-order valence-electron chi connectivity index (χ1n) is 4.97. The molecule has 0 saturated carbocycles. The summed E-state index contributed by atoms with van der Waals surface area (Å²) in [6.45, 7) is 0. The molecule has 1 N–H and O–H groups in total. The third-order valence-corrected chi connectivity index (χ3v) is 2.32. The number of alkyl halides is 2. The van der Waals surface area contributed by atoms with Gasteiger partial charge in [0.2, 0.25) is 11.7 Å². The minimum Gasteiger partial charge on any atom is -0.387 e. The molecular formula is C10H8ClF2N3O2. The number of aromatic nitrogens is 3. The van der Waals surface area contributed by atoms with Crippen molar-refractivity contribution in [3.8, 4) is 11.5 Å². The van der Waals surface area contributed by atoms with E-state index < -0.39 is 19.0 Å². The van der Waals surface area contributed by atoms with Gasteiger partial charge in [0.1, 0.15) is 11.8 Å². The molecule has 0 aliphatic rings. The zero-order chi connectivity index (χ0) is 13.1. The predicted molar refractivity (Wildman–Crippen MR) is 58.3 cm³/mol. The topological polar surface area (TPSA) is 72.0 Å². The SMILES string of the molecule is OC(Cc1nc(-c2ccc(Cl)cn2)no1)C(F)F. The van der Waals surface area contributed by atoms with Crippen LogP contribution >= 0.6 is 11.6 Å². The van der Waals surface area contributed by atoms with Crippen LogP contribution in [0.15, 0.2) is 22.9 Å². The molecule has 18 heavy (non-hydrogen) atoms. The fraction of sp³-hybridized carbons (Fsp3) is 0.300. The van der Waals surface area contributed by atoms with Crippen LogP contribution in [0.3, 0.4) is 0 Å². The Morgan fingerprint density at radius 2 is 2.17 bits per heavy atom. The Morgan fingerprint density at radius 1 is 1.39 bits per heavy atom. The number of aliphatic hydroxyl groups excluding tert-OH is 1. The monoisotopic (exact) mass is 275 g/mol. The number of halogens is 3. The van der Waals surface area contributed by atoms with Gasteiger partial charge in [-0.15, -0.1) is 0 Å². The van der Waals surface area contributed by atoms with Crippen molar-refractivity contribution in [2.45, 2.75) is 19.0 Å². The zero-order valence-electron chi connectivity index (χ0n) is 8.92. The van der Waals surface area contributed by atoms with E-state index in [1.165, 1.54) is 6.20 Å². The van der Waals surface area contributed by atoms with Crippen LogP contribution < -0.4 is 0 Å². The van der Waals surface area contributed by atoms with Crippen LogP contribution in [0.25, 0.3) is 11.5 Å². The molecular weight excluding hydrogens is 268 g/mol. The number of hydrogen-bond donors (Lipinski definition) is 1. The molecule has 0 bridgehead atoms. The molecule has 2 heterocycles. The fourth-order valence-electron chi connectivity index (χ4n) is 1.22. The van der Waals surface area contributed by atoms with Crippen molar-refractivity contribution in [2.75, 3.05) is 0 Å². The Balaban J connectivity index is 2.13. The molecule has 0 saturated heterocycles. The minimum absolute atomic E-state index is 0.0745. The molecule has 1 unspecified atom stereocenters. The van der Waals surface area contributed by atoms with Crippen LogP contribution in [0.2, 0.25) is 5.02 Å². The quantitative estimate of drug-likeness (QED) is 0.923. The van der Waals surface area contributed by atoms with E-state index >= 15 is 0 Å². The average Bonchev–Trinajstić information content (AvgIpc) is 2.78. The van der Waals surface area contributed by atoms with Gasteiger partial charge in [-0.05, 0) is 12.1 Å². The lowest BCUT2D eigenvalue weighted by Gasteiger charge is -2.04. The van der Waals surface area contributed by atoms with Crippen molar-refractivity contribution in [1.29, 1.82) is 0 Å². The molecule has 96 valence electrons. The van der Waals surface area contributed by atoms with E-state index in [0.717, 1.165) is 0 Å². The van der Waals surface area contributed by atoms with Gasteiger partial charge in [0.25, 0.3) is 6.43 Å². The van der Waals surface area contributed by atoms with Crippen molar-refractivity contribution in [2.24, 2.45) is 0 Å². The largest absolute Gasteiger partial charge is 0.387 e. The van der Waals surface area contributed by atoms with Gasteiger partial charge in [-0.3, -0.25) is 4.98 Å². The molecule has 2 rings (SSSR count). The van der Waals surface area contributed by atoms with E-state index in [1.54, 1.807) is 12.1 Å². The van der Waals surface area contributed by atoms with Crippen LogP contribution in [0, 0.1) is 0 Å². The third kappa shape index (κ3) is 2.99. The minimum atomic E-state index is -2.85. The molecule has 8 heteroatoms. The summed E-state index contributed by atoms with van der Waals surface area (Å²) in [6.07, 6.45) is -3.68. The van der Waals surface area contributed by atoms with Crippen molar-refractivity contribution in [3.05, 3.63) is 29.2 Å². The summed E-state index contributed by atoms with van der Waals surface area (Å²) in [7, 11) is 0. The first-order valence-corrected chi connectivity index (χ1v) is 5.35. The van der Waals surface area contributed by atoms with Crippen LogP contribution in [0.1, 0.15) is 5.89 Å². The van der Waals surface area contributed by atoms with E-state index in [9.17, 15) is 8.78 Å². The van der Waals surface area contributed by atoms with Gasteiger partial charge < -0.3 is 9.63 Å². The Kier molecular flexibility index (Phi) is 3.83. The fourth-order valence-corrected chi connectivity index (χ4v) is 1.33. The van der Waals surface area contributed by atoms with E-state index in [2.05, 4.69) is 15.1 Å². The van der Waals surface area contributed by atoms with Crippen LogP contribution in [-0.2, 0) is 6.42 Å². The second-order valence-corrected chi connectivity index (χ2v) is 3.92. The lowest BCUT2D eigenvalue weighted by molar-refractivity contribution is -0.00754. The first-order chi connectivity index (χ1) is 8.56. The lowest BCUT2D eigenvalue weighted by Crippen LogP contribution is -2.20. The number of aliphatic hydroxyl groups is 1. The van der Waals surface area contributed by atoms with E-state index in [4.69, 9.17) is 21.2 Å². The molecule has 0 spiro atoms. The maximum absolute atomic E-state index is 12.1. The van der Waals surface area contributed by atoms with Gasteiger partial charge in [0.05, 0.1) is 11.4 Å². The molecule has 2 aromatic rings. The summed E-state index contributed by atoms with van der Waals surface area (Å²) in [6, 6.07) is 3.16. The highest BCUT2D eigenvalue weighted by molar-refractivity contribution is 6.30. The van der Waals surface area contributed by atoms with E-state index in [0.29, 0.717) is 10.7 Å². The number of rotatable bonds is 4. The smallest absolute Gasteiger partial charge is 0.264 e. The van der Waals surface area contributed by atoms with Crippen LogP contribution in [0.5, 0.6) is 0 Å². The normalized spacial score (nSPS) is 12.9. The molecule has 0 aliphatic carbocycles. The molecule has 2 aromatic heterocycles. The molecule has 1 atom stereocenters. The number of hydrogen-bond acceptors (Lipinski definition) is 5. The Hall–Kier alpha value is -1.60. The van der Waals surface area contributed by atoms with E-state index in [1.807, 2.05) is 0 Å². The van der Waals surface area contributed by atoms with Gasteiger partial charge in [0.15, 0.2) is 0 Å². The van der Waals surface area contributed by atoms with Gasteiger partial charge in [-0.1, -0.05) is 16.8 Å². The molecule has 0 aromatic carbocycles. The third-order valence-electron chi connectivity index (χ3n) is 2.10. The van der Waals surface area contributed by atoms with Gasteiger partial charge in [0, 0.05) is 6.20 Å². The van der Waals surface area contributed by atoms with Gasteiger partial charge in [-0.25, -0.2) is 8.78 Å². The summed E-state index contributed by atoms with van der Waals surface area (Å²) in [5, 5.41) is 13.0. The van der Waals surface area contributed by atoms with Crippen LogP contribution in [-0.4, -0.2) is 32.8 Å². The summed E-state index contributed by atoms with van der Waals surface area (Å²) >= 11 is 5.66.